The van der Waals surface area contributed by atoms with Gasteiger partial charge in [-0.25, -0.2) is 8.42 Å². The van der Waals surface area contributed by atoms with Crippen molar-refractivity contribution in [3.05, 3.63) is 59.7 Å². The summed E-state index contributed by atoms with van der Waals surface area (Å²) < 4.78 is 64.3. The van der Waals surface area contributed by atoms with Gasteiger partial charge in [-0.2, -0.15) is 17.5 Å². The number of ketones is 1. The van der Waals surface area contributed by atoms with Gasteiger partial charge >= 0.3 is 5.51 Å². The highest BCUT2D eigenvalue weighted by atomic mass is 32.2. The first-order chi connectivity index (χ1) is 14.5. The average Bonchev–Trinajstić information content (AvgIpc) is 2.73. The smallest absolute Gasteiger partial charge is 0.336 e. The number of carbonyl (C=O) groups is 2. The zero-order chi connectivity index (χ0) is 22.8. The number of thioether (sulfide) groups is 1. The van der Waals surface area contributed by atoms with E-state index in [1.807, 2.05) is 0 Å². The maximum atomic E-state index is 12.9. The third kappa shape index (κ3) is 5.66. The zero-order valence-corrected chi connectivity index (χ0v) is 18.1. The summed E-state index contributed by atoms with van der Waals surface area (Å²) in [7, 11) is -3.82. The van der Waals surface area contributed by atoms with E-state index in [2.05, 4.69) is 0 Å². The van der Waals surface area contributed by atoms with Crippen LogP contribution in [0, 0.1) is 0 Å². The molecule has 1 heterocycles. The monoisotopic (exact) mass is 472 g/mol. The number of hydrogen-bond donors (Lipinski definition) is 0. The summed E-state index contributed by atoms with van der Waals surface area (Å²) in [5.74, 6) is -0.619. The van der Waals surface area contributed by atoms with E-state index in [0.717, 1.165) is 0 Å². The predicted molar refractivity (Wildman–Crippen MR) is 109 cm³/mol. The van der Waals surface area contributed by atoms with Crippen molar-refractivity contribution in [2.75, 3.05) is 26.2 Å². The molecule has 0 N–H and O–H groups in total. The van der Waals surface area contributed by atoms with Crippen molar-refractivity contribution in [3.63, 3.8) is 0 Å². The van der Waals surface area contributed by atoms with Gasteiger partial charge in [0.15, 0.2) is 5.78 Å². The highest BCUT2D eigenvalue weighted by molar-refractivity contribution is 8.00. The number of halogens is 3. The van der Waals surface area contributed by atoms with Crippen LogP contribution in [0.1, 0.15) is 27.6 Å². The number of sulfonamides is 1. The van der Waals surface area contributed by atoms with Gasteiger partial charge in [-0.05, 0) is 55.1 Å². The molecule has 6 nitrogen and oxygen atoms in total. The summed E-state index contributed by atoms with van der Waals surface area (Å²) in [5, 5.41) is 0. The second kappa shape index (κ2) is 9.01. The first kappa shape index (κ1) is 23.3. The maximum Gasteiger partial charge on any atom is 0.446 e. The molecular formula is C20H19F3N2O4S2. The van der Waals surface area contributed by atoms with E-state index in [-0.39, 0.29) is 65.0 Å². The van der Waals surface area contributed by atoms with Crippen LogP contribution in [0.25, 0.3) is 0 Å². The number of rotatable bonds is 5. The van der Waals surface area contributed by atoms with E-state index in [9.17, 15) is 31.2 Å². The van der Waals surface area contributed by atoms with Crippen LogP contribution in [0.2, 0.25) is 0 Å². The molecule has 2 aromatic carbocycles. The second-order valence-corrected chi connectivity index (χ2v) is 9.93. The van der Waals surface area contributed by atoms with Gasteiger partial charge < -0.3 is 4.90 Å². The van der Waals surface area contributed by atoms with E-state index in [1.54, 1.807) is 0 Å². The Labute approximate surface area is 182 Å². The fraction of sp³-hybridized carbons (Fsp3) is 0.300. The van der Waals surface area contributed by atoms with Crippen LogP contribution in [-0.4, -0.2) is 61.0 Å². The molecule has 1 aliphatic rings. The molecular weight excluding hydrogens is 453 g/mol. The fourth-order valence-corrected chi connectivity index (χ4v) is 5.15. The van der Waals surface area contributed by atoms with E-state index < -0.39 is 15.5 Å². The van der Waals surface area contributed by atoms with E-state index in [4.69, 9.17) is 0 Å². The molecule has 2 aromatic rings. The molecule has 1 fully saturated rings. The van der Waals surface area contributed by atoms with Gasteiger partial charge in [0, 0.05) is 42.2 Å². The Morgan fingerprint density at radius 1 is 0.935 bits per heavy atom. The lowest BCUT2D eigenvalue weighted by atomic mass is 10.2. The van der Waals surface area contributed by atoms with Gasteiger partial charge in [0.25, 0.3) is 5.91 Å². The lowest BCUT2D eigenvalue weighted by Crippen LogP contribution is -2.50. The van der Waals surface area contributed by atoms with Crippen molar-refractivity contribution in [2.45, 2.75) is 22.2 Å². The highest BCUT2D eigenvalue weighted by Crippen LogP contribution is 2.36. The van der Waals surface area contributed by atoms with Crippen LogP contribution in [0.3, 0.4) is 0 Å². The molecule has 0 saturated carbocycles. The molecule has 0 aliphatic carbocycles. The first-order valence-corrected chi connectivity index (χ1v) is 11.5. The van der Waals surface area contributed by atoms with Crippen molar-refractivity contribution in [1.82, 2.24) is 9.21 Å². The number of hydrogen-bond acceptors (Lipinski definition) is 5. The first-order valence-electron chi connectivity index (χ1n) is 9.23. The number of carbonyl (C=O) groups excluding carboxylic acids is 2. The largest absolute Gasteiger partial charge is 0.446 e. The van der Waals surface area contributed by atoms with Crippen molar-refractivity contribution in [1.29, 1.82) is 0 Å². The van der Waals surface area contributed by atoms with Crippen LogP contribution in [0.5, 0.6) is 0 Å². The lowest BCUT2D eigenvalue weighted by molar-refractivity contribution is -0.0328. The van der Waals surface area contributed by atoms with Gasteiger partial charge in [-0.3, -0.25) is 9.59 Å². The minimum atomic E-state index is -4.41. The average molecular weight is 473 g/mol. The van der Waals surface area contributed by atoms with E-state index in [0.29, 0.717) is 5.56 Å². The maximum absolute atomic E-state index is 12.9. The van der Waals surface area contributed by atoms with Crippen LogP contribution in [-0.2, 0) is 10.0 Å². The molecule has 11 heteroatoms. The second-order valence-electron chi connectivity index (χ2n) is 6.85. The Balaban J connectivity index is 1.65. The molecule has 0 bridgehead atoms. The molecule has 1 aliphatic heterocycles. The Morgan fingerprint density at radius 3 is 2.10 bits per heavy atom. The van der Waals surface area contributed by atoms with Crippen LogP contribution in [0.4, 0.5) is 13.2 Å². The number of nitrogens with zero attached hydrogens (tertiary/aromatic N) is 2. The number of Topliss-reactive ketones (excluding diaryl/α,β-unsaturated/α-hetero) is 1. The zero-order valence-electron chi connectivity index (χ0n) is 16.4. The van der Waals surface area contributed by atoms with Crippen molar-refractivity contribution < 1.29 is 31.2 Å². The van der Waals surface area contributed by atoms with Crippen molar-refractivity contribution in [3.8, 4) is 0 Å². The molecule has 166 valence electrons. The molecule has 0 radical (unpaired) electrons. The third-order valence-electron chi connectivity index (χ3n) is 4.74. The summed E-state index contributed by atoms with van der Waals surface area (Å²) in [6, 6.07) is 10.9. The summed E-state index contributed by atoms with van der Waals surface area (Å²) in [6.45, 7) is 1.78. The minimum absolute atomic E-state index is 0.0118. The summed E-state index contributed by atoms with van der Waals surface area (Å²) in [5.41, 5.74) is -3.88. The molecule has 3 rings (SSSR count). The minimum Gasteiger partial charge on any atom is -0.336 e. The van der Waals surface area contributed by atoms with Crippen molar-refractivity contribution >= 4 is 33.5 Å². The van der Waals surface area contributed by atoms with Gasteiger partial charge in [-0.15, -0.1) is 0 Å². The lowest BCUT2D eigenvalue weighted by Gasteiger charge is -2.34. The van der Waals surface area contributed by atoms with Gasteiger partial charge in [0.2, 0.25) is 10.0 Å². The van der Waals surface area contributed by atoms with E-state index >= 15 is 0 Å². The standard InChI is InChI=1S/C20H19F3N2O4S2/c1-14(26)16-3-2-4-18(13-16)31(28,29)25-11-9-24(10-12-25)19(27)15-5-7-17(8-6-15)30-20(21,22)23/h2-8,13H,9-12H2,1H3. The summed E-state index contributed by atoms with van der Waals surface area (Å²) >= 11 is -0.259. The topological polar surface area (TPSA) is 74.8 Å². The SMILES string of the molecule is CC(=O)c1cccc(S(=O)(=O)N2CCN(C(=O)c3ccc(SC(F)(F)F)cc3)CC2)c1. The molecule has 0 spiro atoms. The number of piperazine rings is 1. The van der Waals surface area contributed by atoms with Crippen molar-refractivity contribution in [2.24, 2.45) is 0 Å². The molecule has 1 amide bonds. The van der Waals surface area contributed by atoms with Gasteiger partial charge in [0.05, 0.1) is 4.90 Å². The number of amides is 1. The van der Waals surface area contributed by atoms with Crippen LogP contribution >= 0.6 is 11.8 Å². The molecule has 0 atom stereocenters. The van der Waals surface area contributed by atoms with Crippen LogP contribution in [0.15, 0.2) is 58.3 Å². The van der Waals surface area contributed by atoms with Gasteiger partial charge in [0.1, 0.15) is 0 Å². The fourth-order valence-electron chi connectivity index (χ4n) is 3.14. The number of alkyl halides is 3. The Kier molecular flexibility index (Phi) is 6.77. The Morgan fingerprint density at radius 2 is 1.55 bits per heavy atom. The van der Waals surface area contributed by atoms with Gasteiger partial charge in [-0.1, -0.05) is 12.1 Å². The summed E-state index contributed by atoms with van der Waals surface area (Å²) in [4.78, 5) is 25.6. The molecule has 0 aromatic heterocycles. The predicted octanol–water partition coefficient (Wildman–Crippen LogP) is 3.65. The quantitative estimate of drug-likeness (QED) is 0.491. The Hall–Kier alpha value is -2.37. The van der Waals surface area contributed by atoms with Crippen LogP contribution < -0.4 is 0 Å². The molecule has 1 saturated heterocycles. The third-order valence-corrected chi connectivity index (χ3v) is 7.37. The number of benzene rings is 2. The molecule has 31 heavy (non-hydrogen) atoms. The Bertz CT molecular complexity index is 1080. The van der Waals surface area contributed by atoms with E-state index in [1.165, 1.54) is 64.7 Å². The highest BCUT2D eigenvalue weighted by Gasteiger charge is 2.31. The molecule has 0 unspecified atom stereocenters. The summed E-state index contributed by atoms with van der Waals surface area (Å²) in [6.07, 6.45) is 0. The normalized spacial score (nSPS) is 15.7.